The van der Waals surface area contributed by atoms with Crippen LogP contribution in [0, 0.1) is 12.8 Å². The van der Waals surface area contributed by atoms with Crippen molar-refractivity contribution in [3.05, 3.63) is 29.3 Å². The van der Waals surface area contributed by atoms with Gasteiger partial charge in [0.05, 0.1) is 0 Å². The summed E-state index contributed by atoms with van der Waals surface area (Å²) in [5, 5.41) is 9.41. The van der Waals surface area contributed by atoms with E-state index in [1.54, 1.807) is 6.07 Å². The molecule has 0 spiro atoms. The fourth-order valence-corrected chi connectivity index (χ4v) is 1.75. The van der Waals surface area contributed by atoms with Crippen molar-refractivity contribution in [3.8, 4) is 5.75 Å². The summed E-state index contributed by atoms with van der Waals surface area (Å²) >= 11 is 0. The average Bonchev–Trinajstić information content (AvgIpc) is 2.23. The number of rotatable bonds is 5. The van der Waals surface area contributed by atoms with Crippen LogP contribution in [0.4, 0.5) is 0 Å². The molecule has 2 nitrogen and oxygen atoms in total. The van der Waals surface area contributed by atoms with Crippen LogP contribution in [-0.2, 0) is 6.42 Å². The summed E-state index contributed by atoms with van der Waals surface area (Å²) in [7, 11) is 0. The molecule has 1 unspecified atom stereocenters. The normalized spacial score (nSPS) is 13.1. The van der Waals surface area contributed by atoms with Gasteiger partial charge in [-0.3, -0.25) is 0 Å². The fraction of sp³-hybridized carbons (Fsp3) is 0.571. The molecule has 0 saturated carbocycles. The molecule has 0 aliphatic carbocycles. The Hall–Kier alpha value is -1.02. The summed E-state index contributed by atoms with van der Waals surface area (Å²) in [4.78, 5) is 0. The summed E-state index contributed by atoms with van der Waals surface area (Å²) in [5.74, 6) is 0.934. The number of benzene rings is 1. The Balaban J connectivity index is 2.40. The summed E-state index contributed by atoms with van der Waals surface area (Å²) < 4.78 is 0. The van der Waals surface area contributed by atoms with Crippen LogP contribution in [0.25, 0.3) is 0 Å². The van der Waals surface area contributed by atoms with Gasteiger partial charge in [0.1, 0.15) is 5.75 Å². The maximum Gasteiger partial charge on any atom is 0.118 e. The molecule has 2 heteroatoms. The minimum Gasteiger partial charge on any atom is -0.508 e. The molecule has 0 amide bonds. The van der Waals surface area contributed by atoms with E-state index < -0.39 is 0 Å². The van der Waals surface area contributed by atoms with Crippen molar-refractivity contribution < 1.29 is 5.11 Å². The molecule has 3 N–H and O–H groups in total. The Kier molecular flexibility index (Phi) is 4.81. The molecule has 0 bridgehead atoms. The zero-order chi connectivity index (χ0) is 12.1. The second-order valence-electron chi connectivity index (χ2n) is 4.92. The topological polar surface area (TPSA) is 46.2 Å². The van der Waals surface area contributed by atoms with Crippen LogP contribution < -0.4 is 5.73 Å². The maximum absolute atomic E-state index is 9.41. The molecule has 1 aromatic carbocycles. The van der Waals surface area contributed by atoms with Gasteiger partial charge >= 0.3 is 0 Å². The number of phenolic OH excluding ortho intramolecular Hbond substituents is 1. The van der Waals surface area contributed by atoms with E-state index in [9.17, 15) is 5.11 Å². The van der Waals surface area contributed by atoms with Crippen molar-refractivity contribution in [1.29, 1.82) is 0 Å². The third-order valence-electron chi connectivity index (χ3n) is 3.12. The molecule has 0 fully saturated rings. The molecule has 1 atom stereocenters. The maximum atomic E-state index is 9.41. The molecule has 0 radical (unpaired) electrons. The SMILES string of the molecule is Cc1cc(CCCC(N)C(C)C)ccc1O. The summed E-state index contributed by atoms with van der Waals surface area (Å²) in [5.41, 5.74) is 8.23. The Morgan fingerprint density at radius 3 is 2.56 bits per heavy atom. The molecule has 0 aliphatic heterocycles. The molecule has 1 rings (SSSR count). The minimum atomic E-state index is 0.304. The van der Waals surface area contributed by atoms with E-state index in [4.69, 9.17) is 5.73 Å². The molecule has 0 saturated heterocycles. The smallest absolute Gasteiger partial charge is 0.118 e. The van der Waals surface area contributed by atoms with E-state index in [0.717, 1.165) is 24.8 Å². The molecule has 0 heterocycles. The number of hydrogen-bond acceptors (Lipinski definition) is 2. The van der Waals surface area contributed by atoms with Crippen LogP contribution >= 0.6 is 0 Å². The van der Waals surface area contributed by atoms with Gasteiger partial charge in [0.25, 0.3) is 0 Å². The molecule has 1 aromatic rings. The quantitative estimate of drug-likeness (QED) is 0.803. The van der Waals surface area contributed by atoms with Crippen LogP contribution in [0.1, 0.15) is 37.8 Å². The van der Waals surface area contributed by atoms with E-state index in [2.05, 4.69) is 19.9 Å². The van der Waals surface area contributed by atoms with Crippen molar-refractivity contribution in [2.75, 3.05) is 0 Å². The van der Waals surface area contributed by atoms with Gasteiger partial charge in [-0.15, -0.1) is 0 Å². The lowest BCUT2D eigenvalue weighted by Gasteiger charge is -2.15. The predicted molar refractivity (Wildman–Crippen MR) is 68.6 cm³/mol. The van der Waals surface area contributed by atoms with Gasteiger partial charge in [0, 0.05) is 6.04 Å². The first-order chi connectivity index (χ1) is 7.50. The fourth-order valence-electron chi connectivity index (χ4n) is 1.75. The van der Waals surface area contributed by atoms with Crippen LogP contribution in [0.3, 0.4) is 0 Å². The van der Waals surface area contributed by atoms with Gasteiger partial charge in [-0.05, 0) is 49.3 Å². The molecule has 0 aliphatic rings. The number of nitrogens with two attached hydrogens (primary N) is 1. The largest absolute Gasteiger partial charge is 0.508 e. The molecule has 16 heavy (non-hydrogen) atoms. The van der Waals surface area contributed by atoms with Gasteiger partial charge < -0.3 is 10.8 Å². The third-order valence-corrected chi connectivity index (χ3v) is 3.12. The Morgan fingerprint density at radius 1 is 1.31 bits per heavy atom. The Labute approximate surface area is 98.5 Å². The lowest BCUT2D eigenvalue weighted by molar-refractivity contribution is 0.451. The first-order valence-electron chi connectivity index (χ1n) is 6.04. The van der Waals surface area contributed by atoms with Gasteiger partial charge in [0.2, 0.25) is 0 Å². The highest BCUT2D eigenvalue weighted by Gasteiger charge is 2.07. The van der Waals surface area contributed by atoms with Gasteiger partial charge in [-0.2, -0.15) is 0 Å². The van der Waals surface area contributed by atoms with Crippen LogP contribution in [-0.4, -0.2) is 11.1 Å². The number of hydrogen-bond donors (Lipinski definition) is 2. The van der Waals surface area contributed by atoms with Crippen LogP contribution in [0.2, 0.25) is 0 Å². The first-order valence-corrected chi connectivity index (χ1v) is 6.04. The van der Waals surface area contributed by atoms with E-state index in [0.29, 0.717) is 17.7 Å². The van der Waals surface area contributed by atoms with E-state index in [1.165, 1.54) is 5.56 Å². The molecular formula is C14H23NO. The van der Waals surface area contributed by atoms with Crippen LogP contribution in [0.15, 0.2) is 18.2 Å². The minimum absolute atomic E-state index is 0.304. The van der Waals surface area contributed by atoms with Crippen molar-refractivity contribution in [3.63, 3.8) is 0 Å². The number of aryl methyl sites for hydroxylation is 2. The zero-order valence-corrected chi connectivity index (χ0v) is 10.5. The van der Waals surface area contributed by atoms with Gasteiger partial charge in [0.15, 0.2) is 0 Å². The van der Waals surface area contributed by atoms with Crippen molar-refractivity contribution in [2.45, 2.75) is 46.1 Å². The predicted octanol–water partition coefficient (Wildman–Crippen LogP) is 3.01. The van der Waals surface area contributed by atoms with Gasteiger partial charge in [-0.25, -0.2) is 0 Å². The zero-order valence-electron chi connectivity index (χ0n) is 10.5. The summed E-state index contributed by atoms with van der Waals surface area (Å²) in [6.07, 6.45) is 3.22. The van der Waals surface area contributed by atoms with Gasteiger partial charge in [-0.1, -0.05) is 26.0 Å². The summed E-state index contributed by atoms with van der Waals surface area (Å²) in [6, 6.07) is 6.12. The van der Waals surface area contributed by atoms with E-state index in [-0.39, 0.29) is 0 Å². The highest BCUT2D eigenvalue weighted by atomic mass is 16.3. The van der Waals surface area contributed by atoms with Crippen molar-refractivity contribution >= 4 is 0 Å². The van der Waals surface area contributed by atoms with E-state index in [1.807, 2.05) is 13.0 Å². The molecular weight excluding hydrogens is 198 g/mol. The van der Waals surface area contributed by atoms with Crippen molar-refractivity contribution in [1.82, 2.24) is 0 Å². The molecule has 90 valence electrons. The first kappa shape index (κ1) is 13.0. The Bertz CT molecular complexity index is 334. The third kappa shape index (κ3) is 3.86. The Morgan fingerprint density at radius 2 is 2.00 bits per heavy atom. The van der Waals surface area contributed by atoms with Crippen LogP contribution in [0.5, 0.6) is 5.75 Å². The number of phenols is 1. The lowest BCUT2D eigenvalue weighted by Crippen LogP contribution is -2.26. The lowest BCUT2D eigenvalue weighted by atomic mass is 9.97. The highest BCUT2D eigenvalue weighted by molar-refractivity contribution is 5.34. The van der Waals surface area contributed by atoms with Crippen molar-refractivity contribution in [2.24, 2.45) is 11.7 Å². The standard InChI is InChI=1S/C14H23NO/c1-10(2)13(15)6-4-5-12-7-8-14(16)11(3)9-12/h7-10,13,16H,4-6,15H2,1-3H3. The summed E-state index contributed by atoms with van der Waals surface area (Å²) in [6.45, 7) is 6.25. The molecule has 0 aromatic heterocycles. The average molecular weight is 221 g/mol. The highest BCUT2D eigenvalue weighted by Crippen LogP contribution is 2.18. The number of aromatic hydroxyl groups is 1. The monoisotopic (exact) mass is 221 g/mol. The van der Waals surface area contributed by atoms with E-state index >= 15 is 0 Å². The second kappa shape index (κ2) is 5.90. The second-order valence-corrected chi connectivity index (χ2v) is 4.92.